The predicted molar refractivity (Wildman–Crippen MR) is 56.2 cm³/mol. The first-order chi connectivity index (χ1) is 6.36. The van der Waals surface area contributed by atoms with Gasteiger partial charge in [-0.3, -0.25) is 0 Å². The lowest BCUT2D eigenvalue weighted by Crippen LogP contribution is -1.96. The summed E-state index contributed by atoms with van der Waals surface area (Å²) in [5, 5.41) is 8.66. The highest BCUT2D eigenvalue weighted by molar-refractivity contribution is 8.13. The van der Waals surface area contributed by atoms with Gasteiger partial charge in [-0.15, -0.1) is 12.6 Å². The number of halogens is 1. The Labute approximate surface area is 92.1 Å². The Balaban J connectivity index is 3.54. The molecule has 0 saturated carbocycles. The van der Waals surface area contributed by atoms with Crippen molar-refractivity contribution in [2.75, 3.05) is 0 Å². The highest BCUT2D eigenvalue weighted by Gasteiger charge is 2.15. The third-order valence-corrected chi connectivity index (χ3v) is 3.51. The van der Waals surface area contributed by atoms with E-state index in [9.17, 15) is 8.42 Å². The van der Waals surface area contributed by atoms with Gasteiger partial charge < -0.3 is 0 Å². The molecule has 3 nitrogen and oxygen atoms in total. The van der Waals surface area contributed by atoms with Gasteiger partial charge in [-0.05, 0) is 24.6 Å². The van der Waals surface area contributed by atoms with E-state index in [0.29, 0.717) is 16.0 Å². The number of nitrogens with zero attached hydrogens (tertiary/aromatic N) is 1. The standard InChI is InChI=1S/C8H6ClNO2S2/c1-5-2-6(4-10)7(13)3-8(5)14(9,11)12/h2-3,13H,1H3. The molecule has 1 rings (SSSR count). The smallest absolute Gasteiger partial charge is 0.207 e. The molecule has 0 bridgehead atoms. The zero-order valence-electron chi connectivity index (χ0n) is 7.15. The monoisotopic (exact) mass is 247 g/mol. The molecule has 0 N–H and O–H groups in total. The molecule has 6 heteroatoms. The molecule has 1 aromatic carbocycles. The molecular formula is C8H6ClNO2S2. The number of rotatable bonds is 1. The number of hydrogen-bond donors (Lipinski definition) is 1. The number of hydrogen-bond acceptors (Lipinski definition) is 4. The van der Waals surface area contributed by atoms with E-state index in [1.54, 1.807) is 6.92 Å². The molecule has 14 heavy (non-hydrogen) atoms. The molecule has 0 aromatic heterocycles. The van der Waals surface area contributed by atoms with Crippen LogP contribution in [0.4, 0.5) is 0 Å². The number of benzene rings is 1. The minimum Gasteiger partial charge on any atom is -0.207 e. The van der Waals surface area contributed by atoms with Crippen molar-refractivity contribution in [3.05, 3.63) is 23.3 Å². The summed E-state index contributed by atoms with van der Waals surface area (Å²) in [6, 6.07) is 4.62. The Bertz CT molecular complexity index is 517. The van der Waals surface area contributed by atoms with E-state index in [0.717, 1.165) is 0 Å². The van der Waals surface area contributed by atoms with Crippen LogP contribution in [0, 0.1) is 18.3 Å². The SMILES string of the molecule is Cc1cc(C#N)c(S)cc1S(=O)(=O)Cl. The second-order valence-corrected chi connectivity index (χ2v) is 5.70. The van der Waals surface area contributed by atoms with Gasteiger partial charge in [0.05, 0.1) is 10.5 Å². The topological polar surface area (TPSA) is 57.9 Å². The third-order valence-electron chi connectivity index (χ3n) is 1.68. The van der Waals surface area contributed by atoms with Crippen LogP contribution in [0.1, 0.15) is 11.1 Å². The molecule has 0 aliphatic carbocycles. The zero-order chi connectivity index (χ0) is 10.9. The van der Waals surface area contributed by atoms with Crippen LogP contribution in [-0.2, 0) is 9.05 Å². The zero-order valence-corrected chi connectivity index (χ0v) is 9.62. The van der Waals surface area contributed by atoms with Crippen molar-refractivity contribution in [2.24, 2.45) is 0 Å². The lowest BCUT2D eigenvalue weighted by Gasteiger charge is -2.04. The fourth-order valence-corrected chi connectivity index (χ4v) is 2.56. The van der Waals surface area contributed by atoms with Crippen molar-refractivity contribution in [1.29, 1.82) is 5.26 Å². The summed E-state index contributed by atoms with van der Waals surface area (Å²) in [6.07, 6.45) is 0. The summed E-state index contributed by atoms with van der Waals surface area (Å²) in [5.74, 6) is 0. The van der Waals surface area contributed by atoms with E-state index in [2.05, 4.69) is 12.6 Å². The fraction of sp³-hybridized carbons (Fsp3) is 0.125. The molecule has 0 radical (unpaired) electrons. The minimum atomic E-state index is -3.77. The van der Waals surface area contributed by atoms with Crippen LogP contribution in [0.5, 0.6) is 0 Å². The van der Waals surface area contributed by atoms with E-state index in [1.165, 1.54) is 12.1 Å². The highest BCUT2D eigenvalue weighted by Crippen LogP contribution is 2.25. The van der Waals surface area contributed by atoms with Crippen molar-refractivity contribution in [2.45, 2.75) is 16.7 Å². The normalized spacial score (nSPS) is 11.0. The van der Waals surface area contributed by atoms with E-state index in [-0.39, 0.29) is 4.90 Å². The molecule has 1 aromatic rings. The Morgan fingerprint density at radius 2 is 2.07 bits per heavy atom. The highest BCUT2D eigenvalue weighted by atomic mass is 35.7. The summed E-state index contributed by atoms with van der Waals surface area (Å²) in [4.78, 5) is 0.292. The van der Waals surface area contributed by atoms with E-state index >= 15 is 0 Å². The molecule has 0 heterocycles. The van der Waals surface area contributed by atoms with Gasteiger partial charge >= 0.3 is 0 Å². The molecule has 0 fully saturated rings. The molecular weight excluding hydrogens is 242 g/mol. The third kappa shape index (κ3) is 2.21. The van der Waals surface area contributed by atoms with Gasteiger partial charge in [0.15, 0.2) is 0 Å². The van der Waals surface area contributed by atoms with E-state index < -0.39 is 9.05 Å². The second-order valence-electron chi connectivity index (χ2n) is 2.68. The fourth-order valence-electron chi connectivity index (χ4n) is 1.03. The number of thiol groups is 1. The van der Waals surface area contributed by atoms with Gasteiger partial charge in [0.25, 0.3) is 9.05 Å². The van der Waals surface area contributed by atoms with Gasteiger partial charge in [-0.1, -0.05) is 0 Å². The first-order valence-corrected chi connectivity index (χ1v) is 6.30. The van der Waals surface area contributed by atoms with Crippen LogP contribution in [0.2, 0.25) is 0 Å². The molecule has 0 aliphatic heterocycles. The van der Waals surface area contributed by atoms with Gasteiger partial charge in [-0.25, -0.2) is 8.42 Å². The van der Waals surface area contributed by atoms with Crippen molar-refractivity contribution < 1.29 is 8.42 Å². The van der Waals surface area contributed by atoms with Crippen molar-refractivity contribution in [3.63, 3.8) is 0 Å². The van der Waals surface area contributed by atoms with E-state index in [1.807, 2.05) is 6.07 Å². The van der Waals surface area contributed by atoms with Crippen LogP contribution in [0.15, 0.2) is 21.9 Å². The number of nitriles is 1. The Morgan fingerprint density at radius 3 is 2.50 bits per heavy atom. The summed E-state index contributed by atoms with van der Waals surface area (Å²) < 4.78 is 22.1. The molecule has 0 saturated heterocycles. The predicted octanol–water partition coefficient (Wildman–Crippen LogP) is 2.08. The van der Waals surface area contributed by atoms with Crippen LogP contribution in [-0.4, -0.2) is 8.42 Å². The quantitative estimate of drug-likeness (QED) is 0.611. The van der Waals surface area contributed by atoms with Crippen molar-refractivity contribution >= 4 is 32.4 Å². The van der Waals surface area contributed by atoms with Crippen LogP contribution in [0.3, 0.4) is 0 Å². The molecule has 0 spiro atoms. The maximum absolute atomic E-state index is 11.1. The summed E-state index contributed by atoms with van der Waals surface area (Å²) >= 11 is 3.98. The molecule has 0 unspecified atom stereocenters. The Hall–Kier alpha value is -0.700. The van der Waals surface area contributed by atoms with Gasteiger partial charge in [0, 0.05) is 15.6 Å². The first-order valence-electron chi connectivity index (χ1n) is 3.54. The largest absolute Gasteiger partial charge is 0.261 e. The van der Waals surface area contributed by atoms with Crippen LogP contribution < -0.4 is 0 Å². The Morgan fingerprint density at radius 1 is 1.50 bits per heavy atom. The van der Waals surface area contributed by atoms with Crippen molar-refractivity contribution in [3.8, 4) is 6.07 Å². The Kier molecular flexibility index (Phi) is 3.10. The lowest BCUT2D eigenvalue weighted by atomic mass is 10.1. The molecule has 74 valence electrons. The summed E-state index contributed by atoms with van der Waals surface area (Å²) in [7, 11) is 1.42. The maximum Gasteiger partial charge on any atom is 0.261 e. The van der Waals surface area contributed by atoms with E-state index in [4.69, 9.17) is 15.9 Å². The molecule has 0 amide bonds. The molecule has 0 atom stereocenters. The van der Waals surface area contributed by atoms with Gasteiger partial charge in [-0.2, -0.15) is 5.26 Å². The van der Waals surface area contributed by atoms with Crippen molar-refractivity contribution in [1.82, 2.24) is 0 Å². The summed E-state index contributed by atoms with van der Waals surface area (Å²) in [5.41, 5.74) is 0.768. The second kappa shape index (κ2) is 3.81. The minimum absolute atomic E-state index is 0.0110. The van der Waals surface area contributed by atoms with Crippen LogP contribution in [0.25, 0.3) is 0 Å². The first kappa shape index (κ1) is 11.4. The average molecular weight is 248 g/mol. The van der Waals surface area contributed by atoms with Crippen LogP contribution >= 0.6 is 23.3 Å². The lowest BCUT2D eigenvalue weighted by molar-refractivity contribution is 0.609. The average Bonchev–Trinajstić information content (AvgIpc) is 2.06. The van der Waals surface area contributed by atoms with Gasteiger partial charge in [0.2, 0.25) is 0 Å². The molecule has 0 aliphatic rings. The number of aryl methyl sites for hydroxylation is 1. The maximum atomic E-state index is 11.1. The van der Waals surface area contributed by atoms with Gasteiger partial charge in [0.1, 0.15) is 6.07 Å². The summed E-state index contributed by atoms with van der Waals surface area (Å²) in [6.45, 7) is 1.57.